The van der Waals surface area contributed by atoms with Crippen molar-refractivity contribution < 1.29 is 19.3 Å². The van der Waals surface area contributed by atoms with Crippen LogP contribution in [0.15, 0.2) is 42.5 Å². The van der Waals surface area contributed by atoms with Gasteiger partial charge in [0.05, 0.1) is 25.9 Å². The first-order valence-corrected chi connectivity index (χ1v) is 6.32. The number of hydrogen-bond acceptors (Lipinski definition) is 4. The third-order valence-corrected chi connectivity index (χ3v) is 2.95. The van der Waals surface area contributed by atoms with Crippen LogP contribution in [0.5, 0.6) is 23.0 Å². The zero-order valence-corrected chi connectivity index (χ0v) is 11.8. The summed E-state index contributed by atoms with van der Waals surface area (Å²) in [6.45, 7) is 1.68. The Morgan fingerprint density at radius 1 is 0.850 bits per heavy atom. The molecule has 0 aliphatic heterocycles. The first kappa shape index (κ1) is 14.2. The highest BCUT2D eigenvalue weighted by Crippen LogP contribution is 2.36. The van der Waals surface area contributed by atoms with Crippen LogP contribution >= 0.6 is 0 Å². The summed E-state index contributed by atoms with van der Waals surface area (Å²) in [6.07, 6.45) is -0.681. The molecule has 4 nitrogen and oxygen atoms in total. The Kier molecular flexibility index (Phi) is 4.48. The number of rotatable bonds is 5. The summed E-state index contributed by atoms with van der Waals surface area (Å²) < 4.78 is 16.2. The molecule has 0 aliphatic carbocycles. The van der Waals surface area contributed by atoms with E-state index in [0.29, 0.717) is 22.8 Å². The second kappa shape index (κ2) is 6.30. The van der Waals surface area contributed by atoms with Gasteiger partial charge in [-0.3, -0.25) is 0 Å². The molecule has 0 aromatic heterocycles. The molecule has 0 heterocycles. The molecule has 0 amide bonds. The van der Waals surface area contributed by atoms with Gasteiger partial charge in [0.2, 0.25) is 0 Å². The Balaban J connectivity index is 2.32. The third-order valence-electron chi connectivity index (χ3n) is 2.95. The van der Waals surface area contributed by atoms with Gasteiger partial charge < -0.3 is 19.3 Å². The maximum Gasteiger partial charge on any atom is 0.136 e. The summed E-state index contributed by atoms with van der Waals surface area (Å²) in [6, 6.07) is 12.7. The van der Waals surface area contributed by atoms with Crippen molar-refractivity contribution in [3.63, 3.8) is 0 Å². The minimum absolute atomic E-state index is 0.574. The molecule has 0 saturated heterocycles. The Hall–Kier alpha value is -2.20. The van der Waals surface area contributed by atoms with Crippen LogP contribution in [0.3, 0.4) is 0 Å². The van der Waals surface area contributed by atoms with Crippen LogP contribution in [0.1, 0.15) is 18.6 Å². The smallest absolute Gasteiger partial charge is 0.136 e. The van der Waals surface area contributed by atoms with Crippen molar-refractivity contribution in [2.24, 2.45) is 0 Å². The van der Waals surface area contributed by atoms with E-state index < -0.39 is 6.10 Å². The molecule has 1 N–H and O–H groups in total. The van der Waals surface area contributed by atoms with Crippen molar-refractivity contribution in [3.8, 4) is 23.0 Å². The Labute approximate surface area is 118 Å². The molecular formula is C16H18O4. The van der Waals surface area contributed by atoms with E-state index in [-0.39, 0.29) is 0 Å². The fourth-order valence-corrected chi connectivity index (χ4v) is 1.97. The predicted octanol–water partition coefficient (Wildman–Crippen LogP) is 3.55. The zero-order chi connectivity index (χ0) is 14.5. The van der Waals surface area contributed by atoms with Crippen molar-refractivity contribution in [1.29, 1.82) is 0 Å². The first-order chi connectivity index (χ1) is 9.65. The third kappa shape index (κ3) is 3.03. The Bertz CT molecular complexity index is 561. The predicted molar refractivity (Wildman–Crippen MR) is 76.7 cm³/mol. The molecule has 0 spiro atoms. The molecule has 1 atom stereocenters. The van der Waals surface area contributed by atoms with E-state index in [9.17, 15) is 5.11 Å². The van der Waals surface area contributed by atoms with Crippen LogP contribution < -0.4 is 14.2 Å². The average molecular weight is 274 g/mol. The van der Waals surface area contributed by atoms with Crippen LogP contribution in [0.2, 0.25) is 0 Å². The van der Waals surface area contributed by atoms with Crippen LogP contribution in [0.4, 0.5) is 0 Å². The quantitative estimate of drug-likeness (QED) is 0.905. The molecule has 20 heavy (non-hydrogen) atoms. The van der Waals surface area contributed by atoms with Gasteiger partial charge in [0, 0.05) is 0 Å². The molecule has 0 unspecified atom stereocenters. The van der Waals surface area contributed by atoms with Gasteiger partial charge in [-0.15, -0.1) is 0 Å². The number of ether oxygens (including phenoxy) is 3. The molecule has 2 aromatic carbocycles. The fraction of sp³-hybridized carbons (Fsp3) is 0.250. The SMILES string of the molecule is COc1ccc(Oc2cccc(OC)c2[C@H](C)O)cc1. The molecular weight excluding hydrogens is 256 g/mol. The summed E-state index contributed by atoms with van der Waals surface area (Å²) >= 11 is 0. The molecule has 4 heteroatoms. The second-order valence-electron chi connectivity index (χ2n) is 4.33. The highest BCUT2D eigenvalue weighted by molar-refractivity contribution is 5.48. The number of hydrogen-bond donors (Lipinski definition) is 1. The Morgan fingerprint density at radius 3 is 2.00 bits per heavy atom. The van der Waals surface area contributed by atoms with Crippen molar-refractivity contribution in [1.82, 2.24) is 0 Å². The van der Waals surface area contributed by atoms with Crippen molar-refractivity contribution >= 4 is 0 Å². The van der Waals surface area contributed by atoms with E-state index in [0.717, 1.165) is 5.75 Å². The van der Waals surface area contributed by atoms with E-state index in [4.69, 9.17) is 14.2 Å². The summed E-state index contributed by atoms with van der Waals surface area (Å²) in [5.74, 6) is 2.61. The minimum atomic E-state index is -0.681. The number of aliphatic hydroxyl groups is 1. The maximum atomic E-state index is 9.90. The molecule has 2 rings (SSSR count). The van der Waals surface area contributed by atoms with Gasteiger partial charge in [0.1, 0.15) is 23.0 Å². The van der Waals surface area contributed by atoms with E-state index >= 15 is 0 Å². The van der Waals surface area contributed by atoms with E-state index in [1.807, 2.05) is 30.3 Å². The van der Waals surface area contributed by atoms with Gasteiger partial charge in [-0.1, -0.05) is 6.07 Å². The maximum absolute atomic E-state index is 9.90. The monoisotopic (exact) mass is 274 g/mol. The molecule has 0 fully saturated rings. The van der Waals surface area contributed by atoms with Crippen molar-refractivity contribution in [3.05, 3.63) is 48.0 Å². The Morgan fingerprint density at radius 2 is 1.45 bits per heavy atom. The van der Waals surface area contributed by atoms with Gasteiger partial charge in [0.15, 0.2) is 0 Å². The summed E-state index contributed by atoms with van der Waals surface area (Å²) in [7, 11) is 3.18. The van der Waals surface area contributed by atoms with E-state index in [2.05, 4.69) is 0 Å². The lowest BCUT2D eigenvalue weighted by atomic mass is 10.1. The molecule has 0 radical (unpaired) electrons. The van der Waals surface area contributed by atoms with Crippen LogP contribution in [0.25, 0.3) is 0 Å². The largest absolute Gasteiger partial charge is 0.497 e. The van der Waals surface area contributed by atoms with Crippen molar-refractivity contribution in [2.75, 3.05) is 14.2 Å². The number of benzene rings is 2. The van der Waals surface area contributed by atoms with Gasteiger partial charge in [-0.25, -0.2) is 0 Å². The second-order valence-corrected chi connectivity index (χ2v) is 4.33. The summed E-state index contributed by atoms with van der Waals surface area (Å²) in [4.78, 5) is 0. The normalized spacial score (nSPS) is 11.8. The van der Waals surface area contributed by atoms with Gasteiger partial charge in [0.25, 0.3) is 0 Å². The lowest BCUT2D eigenvalue weighted by molar-refractivity contribution is 0.190. The number of aliphatic hydroxyl groups excluding tert-OH is 1. The van der Waals surface area contributed by atoms with Crippen LogP contribution in [-0.4, -0.2) is 19.3 Å². The highest BCUT2D eigenvalue weighted by atomic mass is 16.5. The lowest BCUT2D eigenvalue weighted by Crippen LogP contribution is -2.00. The van der Waals surface area contributed by atoms with Gasteiger partial charge >= 0.3 is 0 Å². The fourth-order valence-electron chi connectivity index (χ4n) is 1.97. The van der Waals surface area contributed by atoms with E-state index in [1.54, 1.807) is 33.3 Å². The zero-order valence-electron chi connectivity index (χ0n) is 11.8. The van der Waals surface area contributed by atoms with Crippen LogP contribution in [-0.2, 0) is 0 Å². The highest BCUT2D eigenvalue weighted by Gasteiger charge is 2.15. The van der Waals surface area contributed by atoms with Crippen molar-refractivity contribution in [2.45, 2.75) is 13.0 Å². The van der Waals surface area contributed by atoms with Gasteiger partial charge in [-0.2, -0.15) is 0 Å². The molecule has 0 saturated carbocycles. The molecule has 2 aromatic rings. The standard InChI is InChI=1S/C16H18O4/c1-11(17)16-14(19-3)5-4-6-15(16)20-13-9-7-12(18-2)8-10-13/h4-11,17H,1-3H3/t11-/m0/s1. The number of methoxy groups -OCH3 is 2. The summed E-state index contributed by atoms with van der Waals surface area (Å²) in [5.41, 5.74) is 0.630. The van der Waals surface area contributed by atoms with E-state index in [1.165, 1.54) is 0 Å². The minimum Gasteiger partial charge on any atom is -0.497 e. The lowest BCUT2D eigenvalue weighted by Gasteiger charge is -2.16. The molecule has 106 valence electrons. The summed E-state index contributed by atoms with van der Waals surface area (Å²) in [5, 5.41) is 9.90. The average Bonchev–Trinajstić information content (AvgIpc) is 2.47. The molecule has 0 bridgehead atoms. The molecule has 0 aliphatic rings. The first-order valence-electron chi connectivity index (χ1n) is 6.32. The van der Waals surface area contributed by atoms with Gasteiger partial charge in [-0.05, 0) is 43.3 Å². The van der Waals surface area contributed by atoms with Crippen LogP contribution in [0, 0.1) is 0 Å². The topological polar surface area (TPSA) is 47.9 Å².